The lowest BCUT2D eigenvalue weighted by Gasteiger charge is -2.10. The maximum atomic E-state index is 12.2. The number of Topliss-reactive ketones (excluding diaryl/α,β-unsaturated/α-hetero) is 1. The Kier molecular flexibility index (Phi) is 3.84. The SMILES string of the molecule is NC(C(=O)c1cccc(Cl)c1Cl)c1cccs1. The zero-order valence-electron chi connectivity index (χ0n) is 8.69. The number of ketones is 1. The maximum Gasteiger partial charge on any atom is 0.186 e. The highest BCUT2D eigenvalue weighted by molar-refractivity contribution is 7.10. The smallest absolute Gasteiger partial charge is 0.186 e. The summed E-state index contributed by atoms with van der Waals surface area (Å²) in [7, 11) is 0. The van der Waals surface area contributed by atoms with Gasteiger partial charge in [-0.1, -0.05) is 35.3 Å². The van der Waals surface area contributed by atoms with Crippen LogP contribution in [0.5, 0.6) is 0 Å². The van der Waals surface area contributed by atoms with E-state index in [1.165, 1.54) is 11.3 Å². The highest BCUT2D eigenvalue weighted by Crippen LogP contribution is 2.29. The number of rotatable bonds is 3. The Morgan fingerprint density at radius 1 is 1.24 bits per heavy atom. The molecule has 88 valence electrons. The third kappa shape index (κ3) is 2.53. The van der Waals surface area contributed by atoms with Crippen LogP contribution in [0.25, 0.3) is 0 Å². The number of carbonyl (C=O) groups is 1. The molecule has 0 aliphatic carbocycles. The van der Waals surface area contributed by atoms with Crippen LogP contribution >= 0.6 is 34.5 Å². The molecule has 1 aromatic heterocycles. The number of halogens is 2. The summed E-state index contributed by atoms with van der Waals surface area (Å²) >= 11 is 13.3. The summed E-state index contributed by atoms with van der Waals surface area (Å²) in [4.78, 5) is 13.0. The Labute approximate surface area is 113 Å². The molecule has 2 N–H and O–H groups in total. The van der Waals surface area contributed by atoms with Gasteiger partial charge in [0.05, 0.1) is 10.0 Å². The van der Waals surface area contributed by atoms with Crippen LogP contribution in [0, 0.1) is 0 Å². The van der Waals surface area contributed by atoms with Crippen LogP contribution in [-0.4, -0.2) is 5.78 Å². The van der Waals surface area contributed by atoms with Gasteiger partial charge in [-0.15, -0.1) is 11.3 Å². The van der Waals surface area contributed by atoms with E-state index >= 15 is 0 Å². The second-order valence-electron chi connectivity index (χ2n) is 3.46. The number of hydrogen-bond acceptors (Lipinski definition) is 3. The van der Waals surface area contributed by atoms with Crippen LogP contribution < -0.4 is 5.73 Å². The van der Waals surface area contributed by atoms with Gasteiger partial charge in [0.15, 0.2) is 5.78 Å². The number of thiophene rings is 1. The molecule has 17 heavy (non-hydrogen) atoms. The van der Waals surface area contributed by atoms with Crippen molar-refractivity contribution >= 4 is 40.3 Å². The van der Waals surface area contributed by atoms with Gasteiger partial charge in [-0.2, -0.15) is 0 Å². The summed E-state index contributed by atoms with van der Waals surface area (Å²) in [5.74, 6) is -0.222. The fraction of sp³-hybridized carbons (Fsp3) is 0.0833. The Hall–Kier alpha value is -0.870. The monoisotopic (exact) mass is 285 g/mol. The van der Waals surface area contributed by atoms with Crippen LogP contribution in [0.2, 0.25) is 10.0 Å². The van der Waals surface area contributed by atoms with Crippen molar-refractivity contribution in [1.82, 2.24) is 0 Å². The maximum absolute atomic E-state index is 12.2. The molecule has 0 amide bonds. The zero-order valence-corrected chi connectivity index (χ0v) is 11.0. The Morgan fingerprint density at radius 2 is 2.00 bits per heavy atom. The highest BCUT2D eigenvalue weighted by atomic mass is 35.5. The van der Waals surface area contributed by atoms with Gasteiger partial charge in [0.1, 0.15) is 6.04 Å². The lowest BCUT2D eigenvalue weighted by Crippen LogP contribution is -2.20. The van der Waals surface area contributed by atoms with Crippen LogP contribution in [0.4, 0.5) is 0 Å². The van der Waals surface area contributed by atoms with E-state index in [0.29, 0.717) is 10.6 Å². The van der Waals surface area contributed by atoms with E-state index in [0.717, 1.165) is 4.88 Å². The molecule has 0 aliphatic heterocycles. The second kappa shape index (κ2) is 5.19. The van der Waals surface area contributed by atoms with Gasteiger partial charge in [-0.05, 0) is 23.6 Å². The molecule has 0 saturated heterocycles. The average molecular weight is 286 g/mol. The van der Waals surface area contributed by atoms with E-state index in [-0.39, 0.29) is 10.8 Å². The van der Waals surface area contributed by atoms with Crippen molar-refractivity contribution in [2.45, 2.75) is 6.04 Å². The van der Waals surface area contributed by atoms with E-state index in [1.54, 1.807) is 18.2 Å². The standard InChI is InChI=1S/C12H9Cl2NOS/c13-8-4-1-3-7(10(8)14)12(16)11(15)9-5-2-6-17-9/h1-6,11H,15H2. The highest BCUT2D eigenvalue weighted by Gasteiger charge is 2.21. The predicted molar refractivity (Wildman–Crippen MR) is 72.0 cm³/mol. The van der Waals surface area contributed by atoms with Crippen LogP contribution in [0.15, 0.2) is 35.7 Å². The van der Waals surface area contributed by atoms with E-state index in [4.69, 9.17) is 28.9 Å². The van der Waals surface area contributed by atoms with Crippen molar-refractivity contribution in [1.29, 1.82) is 0 Å². The van der Waals surface area contributed by atoms with Crippen molar-refractivity contribution in [2.24, 2.45) is 5.73 Å². The van der Waals surface area contributed by atoms with Crippen molar-refractivity contribution in [3.05, 3.63) is 56.2 Å². The molecule has 1 atom stereocenters. The van der Waals surface area contributed by atoms with Crippen LogP contribution in [0.3, 0.4) is 0 Å². The van der Waals surface area contributed by atoms with Gasteiger partial charge < -0.3 is 5.73 Å². The quantitative estimate of drug-likeness (QED) is 0.868. The molecule has 1 heterocycles. The summed E-state index contributed by atoms with van der Waals surface area (Å²) in [5, 5.41) is 2.49. The molecule has 0 spiro atoms. The Bertz CT molecular complexity index is 539. The molecular weight excluding hydrogens is 277 g/mol. The van der Waals surface area contributed by atoms with E-state index in [9.17, 15) is 4.79 Å². The first kappa shape index (κ1) is 12.6. The minimum absolute atomic E-state index is 0.222. The summed E-state index contributed by atoms with van der Waals surface area (Å²) in [6.45, 7) is 0. The lowest BCUT2D eigenvalue weighted by atomic mass is 10.0. The van der Waals surface area contributed by atoms with E-state index in [1.807, 2.05) is 17.5 Å². The van der Waals surface area contributed by atoms with E-state index < -0.39 is 6.04 Å². The first-order chi connectivity index (χ1) is 8.11. The van der Waals surface area contributed by atoms with Crippen molar-refractivity contribution in [2.75, 3.05) is 0 Å². The Balaban J connectivity index is 2.35. The summed E-state index contributed by atoms with van der Waals surface area (Å²) in [5.41, 5.74) is 6.25. The summed E-state index contributed by atoms with van der Waals surface area (Å²) in [6.07, 6.45) is 0. The molecule has 1 aromatic carbocycles. The normalized spacial score (nSPS) is 12.4. The van der Waals surface area contributed by atoms with Gasteiger partial charge in [-0.25, -0.2) is 0 Å². The number of hydrogen-bond donors (Lipinski definition) is 1. The predicted octanol–water partition coefficient (Wildman–Crippen LogP) is 3.94. The molecular formula is C12H9Cl2NOS. The fourth-order valence-corrected chi connectivity index (χ4v) is 2.58. The topological polar surface area (TPSA) is 43.1 Å². The first-order valence-electron chi connectivity index (χ1n) is 4.88. The van der Waals surface area contributed by atoms with Gasteiger partial charge in [0, 0.05) is 10.4 Å². The van der Waals surface area contributed by atoms with Crippen molar-refractivity contribution in [3.63, 3.8) is 0 Å². The molecule has 0 bridgehead atoms. The van der Waals surface area contributed by atoms with Gasteiger partial charge in [0.2, 0.25) is 0 Å². The molecule has 2 nitrogen and oxygen atoms in total. The minimum atomic E-state index is -0.689. The summed E-state index contributed by atoms with van der Waals surface area (Å²) in [6, 6.07) is 7.94. The van der Waals surface area contributed by atoms with Crippen molar-refractivity contribution < 1.29 is 4.79 Å². The second-order valence-corrected chi connectivity index (χ2v) is 5.22. The zero-order chi connectivity index (χ0) is 12.4. The van der Waals surface area contributed by atoms with Crippen LogP contribution in [0.1, 0.15) is 21.3 Å². The molecule has 0 fully saturated rings. The minimum Gasteiger partial charge on any atom is -0.317 e. The van der Waals surface area contributed by atoms with Gasteiger partial charge >= 0.3 is 0 Å². The third-order valence-electron chi connectivity index (χ3n) is 2.35. The lowest BCUT2D eigenvalue weighted by molar-refractivity contribution is 0.0963. The molecule has 5 heteroatoms. The molecule has 2 aromatic rings. The molecule has 0 radical (unpaired) electrons. The largest absolute Gasteiger partial charge is 0.317 e. The van der Waals surface area contributed by atoms with Crippen LogP contribution in [-0.2, 0) is 0 Å². The van der Waals surface area contributed by atoms with Gasteiger partial charge in [0.25, 0.3) is 0 Å². The fourth-order valence-electron chi connectivity index (χ4n) is 1.46. The number of nitrogens with two attached hydrogens (primary N) is 1. The molecule has 0 saturated carbocycles. The molecule has 2 rings (SSSR count). The molecule has 0 aliphatic rings. The first-order valence-corrected chi connectivity index (χ1v) is 6.52. The van der Waals surface area contributed by atoms with E-state index in [2.05, 4.69) is 0 Å². The average Bonchev–Trinajstić information content (AvgIpc) is 2.84. The van der Waals surface area contributed by atoms with Crippen molar-refractivity contribution in [3.8, 4) is 0 Å². The number of benzene rings is 1. The third-order valence-corrected chi connectivity index (χ3v) is 4.12. The number of carbonyl (C=O) groups excluding carboxylic acids is 1. The Morgan fingerprint density at radius 3 is 2.65 bits per heavy atom. The summed E-state index contributed by atoms with van der Waals surface area (Å²) < 4.78 is 0. The van der Waals surface area contributed by atoms with Gasteiger partial charge in [-0.3, -0.25) is 4.79 Å². The molecule has 1 unspecified atom stereocenters.